The van der Waals surface area contributed by atoms with E-state index in [0.29, 0.717) is 54.9 Å². The number of fused-ring (bicyclic) bond motifs is 1. The molecule has 0 atom stereocenters. The molecule has 0 radical (unpaired) electrons. The molecule has 0 saturated carbocycles. The van der Waals surface area contributed by atoms with Gasteiger partial charge in [0.05, 0.1) is 19.3 Å². The van der Waals surface area contributed by atoms with Crippen molar-refractivity contribution in [1.29, 1.82) is 0 Å². The largest absolute Gasteiger partial charge is 0.495 e. The predicted octanol–water partition coefficient (Wildman–Crippen LogP) is 2.01. The maximum absolute atomic E-state index is 13.2. The zero-order chi connectivity index (χ0) is 26.1. The SMILES string of the molecule is COc1ccccc1NC(=S)N1CCN(c2nc3c(c(=O)n(C)c(=O)n3C)n2Cc2ccccc2)CC1. The van der Waals surface area contributed by atoms with E-state index in [4.69, 9.17) is 21.9 Å². The molecule has 10 nitrogen and oxygen atoms in total. The van der Waals surface area contributed by atoms with E-state index in [-0.39, 0.29) is 5.56 Å². The molecule has 1 aliphatic rings. The minimum absolute atomic E-state index is 0.353. The highest BCUT2D eigenvalue weighted by molar-refractivity contribution is 7.80. The molecule has 11 heteroatoms. The number of anilines is 2. The van der Waals surface area contributed by atoms with Crippen LogP contribution < -0.4 is 26.2 Å². The molecule has 37 heavy (non-hydrogen) atoms. The number of aromatic nitrogens is 4. The Morgan fingerprint density at radius 3 is 2.35 bits per heavy atom. The molecular formula is C26H29N7O3S. The van der Waals surface area contributed by atoms with Crippen molar-refractivity contribution in [2.24, 2.45) is 14.1 Å². The van der Waals surface area contributed by atoms with Crippen molar-refractivity contribution in [2.75, 3.05) is 43.5 Å². The molecule has 0 bridgehead atoms. The summed E-state index contributed by atoms with van der Waals surface area (Å²) in [4.78, 5) is 34.9. The number of hydrogen-bond donors (Lipinski definition) is 1. The van der Waals surface area contributed by atoms with Gasteiger partial charge in [0.1, 0.15) is 5.75 Å². The Hall–Kier alpha value is -4.12. The third-order valence-electron chi connectivity index (χ3n) is 6.71. The van der Waals surface area contributed by atoms with Crippen LogP contribution in [0.15, 0.2) is 64.2 Å². The summed E-state index contributed by atoms with van der Waals surface area (Å²) < 4.78 is 9.92. The molecule has 0 unspecified atom stereocenters. The third kappa shape index (κ3) is 4.57. The lowest BCUT2D eigenvalue weighted by atomic mass is 10.2. The van der Waals surface area contributed by atoms with Gasteiger partial charge in [-0.05, 0) is 29.9 Å². The Labute approximate surface area is 219 Å². The van der Waals surface area contributed by atoms with Gasteiger partial charge in [-0.25, -0.2) is 4.79 Å². The van der Waals surface area contributed by atoms with Crippen molar-refractivity contribution >= 4 is 40.1 Å². The van der Waals surface area contributed by atoms with Gasteiger partial charge >= 0.3 is 5.69 Å². The number of ether oxygens (including phenoxy) is 1. The molecule has 2 aromatic heterocycles. The molecular weight excluding hydrogens is 490 g/mol. The van der Waals surface area contributed by atoms with Crippen molar-refractivity contribution in [1.82, 2.24) is 23.6 Å². The van der Waals surface area contributed by atoms with E-state index in [2.05, 4.69) is 15.1 Å². The zero-order valence-corrected chi connectivity index (χ0v) is 21.9. The van der Waals surface area contributed by atoms with E-state index >= 15 is 0 Å². The minimum atomic E-state index is -0.397. The molecule has 1 aliphatic heterocycles. The highest BCUT2D eigenvalue weighted by atomic mass is 32.1. The molecule has 1 fully saturated rings. The maximum Gasteiger partial charge on any atom is 0.332 e. The van der Waals surface area contributed by atoms with Crippen LogP contribution in [0.1, 0.15) is 5.56 Å². The minimum Gasteiger partial charge on any atom is -0.495 e. The first-order valence-electron chi connectivity index (χ1n) is 12.0. The normalized spacial score (nSPS) is 13.7. The fraction of sp³-hybridized carbons (Fsp3) is 0.308. The lowest BCUT2D eigenvalue weighted by molar-refractivity contribution is 0.386. The number of rotatable bonds is 5. The summed E-state index contributed by atoms with van der Waals surface area (Å²) >= 11 is 5.68. The molecule has 4 aromatic rings. The quantitative estimate of drug-likeness (QED) is 0.401. The first-order valence-corrected chi connectivity index (χ1v) is 12.4. The summed E-state index contributed by atoms with van der Waals surface area (Å²) in [6.45, 7) is 3.12. The Balaban J connectivity index is 1.44. The first-order chi connectivity index (χ1) is 17.9. The predicted molar refractivity (Wildman–Crippen MR) is 149 cm³/mol. The van der Waals surface area contributed by atoms with Crippen LogP contribution in [-0.2, 0) is 20.6 Å². The van der Waals surface area contributed by atoms with E-state index in [9.17, 15) is 9.59 Å². The monoisotopic (exact) mass is 519 g/mol. The van der Waals surface area contributed by atoms with Crippen LogP contribution in [0.4, 0.5) is 11.6 Å². The van der Waals surface area contributed by atoms with E-state index in [1.807, 2.05) is 59.2 Å². The second kappa shape index (κ2) is 10.1. The average Bonchev–Trinajstić information content (AvgIpc) is 3.30. The molecule has 192 valence electrons. The van der Waals surface area contributed by atoms with Gasteiger partial charge in [-0.1, -0.05) is 42.5 Å². The molecule has 0 spiro atoms. The highest BCUT2D eigenvalue weighted by Crippen LogP contribution is 2.25. The van der Waals surface area contributed by atoms with Gasteiger partial charge in [0.15, 0.2) is 16.3 Å². The van der Waals surface area contributed by atoms with Crippen molar-refractivity contribution in [3.63, 3.8) is 0 Å². The van der Waals surface area contributed by atoms with Gasteiger partial charge in [0.25, 0.3) is 5.56 Å². The number of piperazine rings is 1. The van der Waals surface area contributed by atoms with Gasteiger partial charge in [0.2, 0.25) is 5.95 Å². The molecule has 1 saturated heterocycles. The maximum atomic E-state index is 13.2. The van der Waals surface area contributed by atoms with Crippen molar-refractivity contribution < 1.29 is 4.74 Å². The fourth-order valence-electron chi connectivity index (χ4n) is 4.64. The van der Waals surface area contributed by atoms with E-state index in [0.717, 1.165) is 21.6 Å². The number of hydrogen-bond acceptors (Lipinski definition) is 6. The number of para-hydroxylation sites is 2. The van der Waals surface area contributed by atoms with Crippen LogP contribution in [0.25, 0.3) is 11.2 Å². The summed E-state index contributed by atoms with van der Waals surface area (Å²) in [6, 6.07) is 17.6. The molecule has 2 aromatic carbocycles. The topological polar surface area (TPSA) is 89.6 Å². The van der Waals surface area contributed by atoms with Gasteiger partial charge in [0, 0.05) is 40.3 Å². The number of imidazole rings is 1. The second-order valence-corrected chi connectivity index (χ2v) is 9.35. The summed E-state index contributed by atoms with van der Waals surface area (Å²) in [5.74, 6) is 1.39. The number of benzene rings is 2. The first kappa shape index (κ1) is 24.6. The number of methoxy groups -OCH3 is 1. The fourth-order valence-corrected chi connectivity index (χ4v) is 4.94. The van der Waals surface area contributed by atoms with Crippen LogP contribution >= 0.6 is 12.2 Å². The molecule has 3 heterocycles. The molecule has 0 aliphatic carbocycles. The Morgan fingerprint density at radius 2 is 1.65 bits per heavy atom. The van der Waals surface area contributed by atoms with Gasteiger partial charge in [-0.2, -0.15) is 4.98 Å². The molecule has 1 N–H and O–H groups in total. The number of thiocarbonyl (C=S) groups is 1. The van der Waals surface area contributed by atoms with E-state index in [1.54, 1.807) is 14.2 Å². The van der Waals surface area contributed by atoms with E-state index in [1.165, 1.54) is 11.6 Å². The van der Waals surface area contributed by atoms with Crippen LogP contribution in [0.2, 0.25) is 0 Å². The third-order valence-corrected chi connectivity index (χ3v) is 7.07. The smallest absolute Gasteiger partial charge is 0.332 e. The summed E-state index contributed by atoms with van der Waals surface area (Å²) in [6.07, 6.45) is 0. The second-order valence-electron chi connectivity index (χ2n) is 8.97. The van der Waals surface area contributed by atoms with Crippen LogP contribution in [0.5, 0.6) is 5.75 Å². The molecule has 0 amide bonds. The summed E-state index contributed by atoms with van der Waals surface area (Å²) in [7, 11) is 4.78. The van der Waals surface area contributed by atoms with Crippen LogP contribution in [-0.4, -0.2) is 62.0 Å². The van der Waals surface area contributed by atoms with Crippen molar-refractivity contribution in [3.05, 3.63) is 81.0 Å². The van der Waals surface area contributed by atoms with Crippen molar-refractivity contribution in [3.8, 4) is 5.75 Å². The van der Waals surface area contributed by atoms with Gasteiger partial charge < -0.3 is 19.9 Å². The average molecular weight is 520 g/mol. The van der Waals surface area contributed by atoms with Crippen molar-refractivity contribution in [2.45, 2.75) is 6.54 Å². The molecule has 5 rings (SSSR count). The van der Waals surface area contributed by atoms with Gasteiger partial charge in [-0.3, -0.25) is 18.5 Å². The van der Waals surface area contributed by atoms with E-state index < -0.39 is 5.69 Å². The Bertz CT molecular complexity index is 1570. The lowest BCUT2D eigenvalue weighted by Gasteiger charge is -2.37. The summed E-state index contributed by atoms with van der Waals surface area (Å²) in [5, 5.41) is 3.91. The number of aryl methyl sites for hydroxylation is 1. The zero-order valence-electron chi connectivity index (χ0n) is 21.0. The number of nitrogens with zero attached hydrogens (tertiary/aromatic N) is 6. The Morgan fingerprint density at radius 1 is 0.973 bits per heavy atom. The Kier molecular flexibility index (Phi) is 6.70. The summed E-state index contributed by atoms with van der Waals surface area (Å²) in [5.41, 5.74) is 1.91. The van der Waals surface area contributed by atoms with Crippen LogP contribution in [0, 0.1) is 0 Å². The highest BCUT2D eigenvalue weighted by Gasteiger charge is 2.26. The lowest BCUT2D eigenvalue weighted by Crippen LogP contribution is -2.50. The van der Waals surface area contributed by atoms with Gasteiger partial charge in [-0.15, -0.1) is 0 Å². The standard InChI is InChI=1S/C26H29N7O3S/c1-29-22-21(23(34)30(2)26(29)35)33(17-18-9-5-4-6-10-18)24(28-22)31-13-15-32(16-14-31)25(37)27-19-11-7-8-12-20(19)36-3/h4-12H,13-17H2,1-3H3,(H,27,37). The number of nitrogens with one attached hydrogen (secondary N) is 1. The van der Waals surface area contributed by atoms with Crippen LogP contribution in [0.3, 0.4) is 0 Å².